The van der Waals surface area contributed by atoms with Gasteiger partial charge in [0.2, 0.25) is 0 Å². The highest BCUT2D eigenvalue weighted by Gasteiger charge is 2.20. The lowest BCUT2D eigenvalue weighted by molar-refractivity contribution is -0.147. The van der Waals surface area contributed by atoms with Crippen LogP contribution in [-0.2, 0) is 25.5 Å². The molecule has 1 aliphatic carbocycles. The molecule has 0 aliphatic heterocycles. The van der Waals surface area contributed by atoms with Crippen LogP contribution < -0.4 is 5.32 Å². The van der Waals surface area contributed by atoms with E-state index in [0.29, 0.717) is 22.9 Å². The zero-order valence-corrected chi connectivity index (χ0v) is 17.0. The summed E-state index contributed by atoms with van der Waals surface area (Å²) in [5.41, 5.74) is 0.343. The molecule has 0 saturated heterocycles. The summed E-state index contributed by atoms with van der Waals surface area (Å²) in [5.74, 6) is -0.656. The van der Waals surface area contributed by atoms with Crippen molar-refractivity contribution in [2.75, 3.05) is 18.5 Å². The number of hydrogen-bond acceptors (Lipinski definition) is 6. The van der Waals surface area contributed by atoms with E-state index < -0.39 is 11.9 Å². The number of hydrogen-bond donors (Lipinski definition) is 1. The molecule has 1 heterocycles. The van der Waals surface area contributed by atoms with Crippen molar-refractivity contribution in [2.45, 2.75) is 65.2 Å². The normalized spacial score (nSPS) is 14.6. The quantitative estimate of drug-likeness (QED) is 0.629. The van der Waals surface area contributed by atoms with Crippen LogP contribution in [0, 0.1) is 5.92 Å². The number of aryl methyl sites for hydroxylation is 1. The van der Waals surface area contributed by atoms with Crippen molar-refractivity contribution >= 4 is 34.2 Å². The maximum Gasteiger partial charge on any atom is 0.341 e. The number of carbonyl (C=O) groups excluding carboxylic acids is 3. The number of rotatable bonds is 9. The molecule has 1 aliphatic rings. The van der Waals surface area contributed by atoms with Crippen LogP contribution in [0.5, 0.6) is 0 Å². The van der Waals surface area contributed by atoms with Crippen LogP contribution in [-0.4, -0.2) is 31.1 Å². The fourth-order valence-corrected chi connectivity index (χ4v) is 4.25. The molecule has 1 amide bonds. The first-order valence-corrected chi connectivity index (χ1v) is 10.6. The predicted octanol–water partition coefficient (Wildman–Crippen LogP) is 4.33. The summed E-state index contributed by atoms with van der Waals surface area (Å²) in [6, 6.07) is 1.73. The van der Waals surface area contributed by atoms with Crippen molar-refractivity contribution in [3.05, 3.63) is 16.5 Å². The van der Waals surface area contributed by atoms with Gasteiger partial charge in [0.15, 0.2) is 6.61 Å². The Morgan fingerprint density at radius 2 is 1.89 bits per heavy atom. The van der Waals surface area contributed by atoms with E-state index in [1.54, 1.807) is 13.0 Å². The van der Waals surface area contributed by atoms with Crippen molar-refractivity contribution in [1.29, 1.82) is 0 Å². The van der Waals surface area contributed by atoms with Crippen molar-refractivity contribution < 1.29 is 23.9 Å². The predicted molar refractivity (Wildman–Crippen MR) is 105 cm³/mol. The first kappa shape index (κ1) is 21.4. The molecule has 1 aromatic rings. The van der Waals surface area contributed by atoms with Gasteiger partial charge in [-0.1, -0.05) is 39.0 Å². The summed E-state index contributed by atoms with van der Waals surface area (Å²) in [6.45, 7) is 3.63. The minimum absolute atomic E-state index is 0.266. The van der Waals surface area contributed by atoms with Gasteiger partial charge in [-0.05, 0) is 31.7 Å². The highest BCUT2D eigenvalue weighted by atomic mass is 32.1. The molecule has 27 heavy (non-hydrogen) atoms. The third-order valence-electron chi connectivity index (χ3n) is 4.73. The number of amides is 1. The van der Waals surface area contributed by atoms with Gasteiger partial charge in [0, 0.05) is 11.3 Å². The van der Waals surface area contributed by atoms with Gasteiger partial charge in [-0.2, -0.15) is 0 Å². The second-order valence-electron chi connectivity index (χ2n) is 6.78. The second kappa shape index (κ2) is 11.1. The Morgan fingerprint density at radius 1 is 1.15 bits per heavy atom. The van der Waals surface area contributed by atoms with E-state index in [9.17, 15) is 14.4 Å². The van der Waals surface area contributed by atoms with Gasteiger partial charge in [0.05, 0.1) is 12.2 Å². The molecule has 1 saturated carbocycles. The zero-order chi connectivity index (χ0) is 19.6. The smallest absolute Gasteiger partial charge is 0.341 e. The van der Waals surface area contributed by atoms with E-state index in [2.05, 4.69) is 5.32 Å². The Bertz CT molecular complexity index is 649. The van der Waals surface area contributed by atoms with Crippen LogP contribution in [0.3, 0.4) is 0 Å². The average molecular weight is 396 g/mol. The van der Waals surface area contributed by atoms with Crippen molar-refractivity contribution in [3.8, 4) is 0 Å². The van der Waals surface area contributed by atoms with Gasteiger partial charge in [-0.25, -0.2) is 4.79 Å². The largest absolute Gasteiger partial charge is 0.462 e. The van der Waals surface area contributed by atoms with E-state index in [1.165, 1.54) is 43.4 Å². The molecular weight excluding hydrogens is 366 g/mol. The van der Waals surface area contributed by atoms with E-state index in [4.69, 9.17) is 9.47 Å². The number of nitrogens with one attached hydrogen (secondary N) is 1. The third-order valence-corrected chi connectivity index (χ3v) is 5.92. The summed E-state index contributed by atoms with van der Waals surface area (Å²) in [5, 5.41) is 3.11. The number of carbonyl (C=O) groups is 3. The first-order chi connectivity index (χ1) is 13.0. The molecule has 1 fully saturated rings. The minimum atomic E-state index is -0.465. The van der Waals surface area contributed by atoms with Gasteiger partial charge >= 0.3 is 11.9 Å². The highest BCUT2D eigenvalue weighted by molar-refractivity contribution is 7.16. The molecule has 6 nitrogen and oxygen atoms in total. The molecule has 1 aromatic heterocycles. The zero-order valence-electron chi connectivity index (χ0n) is 16.2. The minimum Gasteiger partial charge on any atom is -0.462 e. The Labute approximate surface area is 164 Å². The second-order valence-corrected chi connectivity index (χ2v) is 7.92. The Morgan fingerprint density at radius 3 is 2.56 bits per heavy atom. The van der Waals surface area contributed by atoms with Gasteiger partial charge in [-0.3, -0.25) is 9.59 Å². The first-order valence-electron chi connectivity index (χ1n) is 9.78. The molecule has 0 atom stereocenters. The summed E-state index contributed by atoms with van der Waals surface area (Å²) in [7, 11) is 0. The highest BCUT2D eigenvalue weighted by Crippen LogP contribution is 2.29. The third kappa shape index (κ3) is 6.97. The van der Waals surface area contributed by atoms with Crippen LogP contribution in [0.15, 0.2) is 6.07 Å². The van der Waals surface area contributed by atoms with Crippen molar-refractivity contribution in [3.63, 3.8) is 0 Å². The van der Waals surface area contributed by atoms with E-state index in [1.807, 2.05) is 6.92 Å². The van der Waals surface area contributed by atoms with Crippen LogP contribution in [0.1, 0.15) is 74.0 Å². The van der Waals surface area contributed by atoms with Gasteiger partial charge in [0.1, 0.15) is 5.00 Å². The van der Waals surface area contributed by atoms with E-state index in [-0.39, 0.29) is 19.2 Å². The molecule has 0 unspecified atom stereocenters. The van der Waals surface area contributed by atoms with Gasteiger partial charge in [0.25, 0.3) is 5.91 Å². The lowest BCUT2D eigenvalue weighted by Gasteiger charge is -2.20. The van der Waals surface area contributed by atoms with Crippen molar-refractivity contribution in [2.24, 2.45) is 5.92 Å². The molecule has 2 rings (SSSR count). The van der Waals surface area contributed by atoms with E-state index >= 15 is 0 Å². The molecule has 1 N–H and O–H groups in total. The molecule has 0 bridgehead atoms. The molecule has 0 aromatic carbocycles. The summed E-state index contributed by atoms with van der Waals surface area (Å²) >= 11 is 1.33. The van der Waals surface area contributed by atoms with Crippen LogP contribution in [0.2, 0.25) is 0 Å². The summed E-state index contributed by atoms with van der Waals surface area (Å²) in [6.07, 6.45) is 8.08. The average Bonchev–Trinajstić information content (AvgIpc) is 3.08. The maximum absolute atomic E-state index is 12.1. The lowest BCUT2D eigenvalue weighted by atomic mass is 9.86. The van der Waals surface area contributed by atoms with Crippen LogP contribution >= 0.6 is 11.3 Å². The molecule has 0 spiro atoms. The SMILES string of the molecule is CCOC(=O)c1cc(CC)sc1NC(=O)COC(=O)CCC1CCCCC1. The number of esters is 2. The molecule has 0 radical (unpaired) electrons. The monoisotopic (exact) mass is 395 g/mol. The van der Waals surface area contributed by atoms with Crippen molar-refractivity contribution in [1.82, 2.24) is 0 Å². The molecule has 150 valence electrons. The summed E-state index contributed by atoms with van der Waals surface area (Å²) in [4.78, 5) is 37.0. The van der Waals surface area contributed by atoms with Crippen LogP contribution in [0.4, 0.5) is 5.00 Å². The number of anilines is 1. The fraction of sp³-hybridized carbons (Fsp3) is 0.650. The number of thiophene rings is 1. The lowest BCUT2D eigenvalue weighted by Crippen LogP contribution is -2.22. The number of ether oxygens (including phenoxy) is 2. The van der Waals surface area contributed by atoms with E-state index in [0.717, 1.165) is 17.7 Å². The standard InChI is InChI=1S/C20H29NO5S/c1-3-15-12-16(20(24)25-4-2)19(27-15)21-17(22)13-26-18(23)11-10-14-8-6-5-7-9-14/h12,14H,3-11,13H2,1-2H3,(H,21,22). The Kier molecular flexibility index (Phi) is 8.78. The van der Waals surface area contributed by atoms with Gasteiger partial charge in [-0.15, -0.1) is 11.3 Å². The van der Waals surface area contributed by atoms with Gasteiger partial charge < -0.3 is 14.8 Å². The summed E-state index contributed by atoms with van der Waals surface area (Å²) < 4.78 is 10.1. The molecular formula is C20H29NO5S. The topological polar surface area (TPSA) is 81.7 Å². The maximum atomic E-state index is 12.1. The Balaban J connectivity index is 1.80. The van der Waals surface area contributed by atoms with Crippen LogP contribution in [0.25, 0.3) is 0 Å². The molecule has 7 heteroatoms. The fourth-order valence-electron chi connectivity index (χ4n) is 3.25. The Hall–Kier alpha value is -1.89.